The van der Waals surface area contributed by atoms with Crippen LogP contribution in [0.2, 0.25) is 0 Å². The molecule has 1 heterocycles. The third-order valence-corrected chi connectivity index (χ3v) is 4.71. The Bertz CT molecular complexity index is 459. The van der Waals surface area contributed by atoms with Gasteiger partial charge < -0.3 is 35.2 Å². The van der Waals surface area contributed by atoms with Crippen LogP contribution in [0, 0.1) is 0 Å². The van der Waals surface area contributed by atoms with Gasteiger partial charge in [-0.25, -0.2) is 0 Å². The van der Waals surface area contributed by atoms with Crippen LogP contribution in [0.15, 0.2) is 0 Å². The number of carbonyl (C=O) groups is 2. The van der Waals surface area contributed by atoms with E-state index in [1.807, 2.05) is 6.92 Å². The first-order valence-corrected chi connectivity index (χ1v) is 10.1. The van der Waals surface area contributed by atoms with E-state index in [0.717, 1.165) is 25.7 Å². The van der Waals surface area contributed by atoms with Gasteiger partial charge in [-0.3, -0.25) is 9.59 Å². The van der Waals surface area contributed by atoms with Crippen molar-refractivity contribution in [2.75, 3.05) is 19.8 Å². The third-order valence-electron chi connectivity index (χ3n) is 4.71. The normalized spacial score (nSPS) is 27.5. The molecule has 28 heavy (non-hydrogen) atoms. The van der Waals surface area contributed by atoms with Gasteiger partial charge in [-0.05, 0) is 26.2 Å². The molecular weight excluding hydrogens is 370 g/mol. The average Bonchev–Trinajstić information content (AvgIpc) is 2.67. The first kappa shape index (κ1) is 24.9. The highest BCUT2D eigenvalue weighted by molar-refractivity contribution is 5.78. The van der Waals surface area contributed by atoms with E-state index >= 15 is 0 Å². The van der Waals surface area contributed by atoms with Gasteiger partial charge in [0.1, 0.15) is 30.2 Å². The van der Waals surface area contributed by atoms with Gasteiger partial charge in [-0.1, -0.05) is 12.8 Å². The number of aliphatic hydroxyl groups excluding tert-OH is 4. The lowest BCUT2D eigenvalue weighted by Crippen LogP contribution is -2.59. The second-order valence-corrected chi connectivity index (χ2v) is 7.08. The van der Waals surface area contributed by atoms with Gasteiger partial charge >= 0.3 is 0 Å². The first-order valence-electron chi connectivity index (χ1n) is 10.1. The summed E-state index contributed by atoms with van der Waals surface area (Å²) in [5.74, 6) is 0.194. The van der Waals surface area contributed by atoms with Gasteiger partial charge in [0.25, 0.3) is 0 Å². The number of amides is 1. The minimum Gasteiger partial charge on any atom is -0.394 e. The number of nitrogens with one attached hydrogen (secondary N) is 1. The number of unbranched alkanes of at least 4 members (excludes halogenated alkanes) is 3. The largest absolute Gasteiger partial charge is 0.394 e. The molecule has 9 heteroatoms. The van der Waals surface area contributed by atoms with Crippen LogP contribution in [0.4, 0.5) is 0 Å². The number of hydrogen-bond acceptors (Lipinski definition) is 8. The second-order valence-electron chi connectivity index (χ2n) is 7.08. The molecule has 0 saturated carbocycles. The molecule has 0 radical (unpaired) electrons. The first-order chi connectivity index (χ1) is 13.4. The Hall–Kier alpha value is -1.10. The fourth-order valence-corrected chi connectivity index (χ4v) is 3.05. The Balaban J connectivity index is 2.08. The predicted molar refractivity (Wildman–Crippen MR) is 100 cm³/mol. The summed E-state index contributed by atoms with van der Waals surface area (Å²) in [6.45, 7) is 2.18. The van der Waals surface area contributed by atoms with Crippen LogP contribution < -0.4 is 5.32 Å². The summed E-state index contributed by atoms with van der Waals surface area (Å²) in [4.78, 5) is 23.2. The minimum atomic E-state index is -1.47. The molecule has 5 N–H and O–H groups in total. The Morgan fingerprint density at radius 3 is 2.21 bits per heavy atom. The number of carbonyl (C=O) groups excluding carboxylic acids is 2. The van der Waals surface area contributed by atoms with Gasteiger partial charge in [0.15, 0.2) is 6.29 Å². The summed E-state index contributed by atoms with van der Waals surface area (Å²) < 4.78 is 10.6. The topological polar surface area (TPSA) is 146 Å². The highest BCUT2D eigenvalue weighted by Gasteiger charge is 2.43. The van der Waals surface area contributed by atoms with Crippen LogP contribution in [0.1, 0.15) is 58.3 Å². The summed E-state index contributed by atoms with van der Waals surface area (Å²) >= 11 is 0. The lowest BCUT2D eigenvalue weighted by Gasteiger charge is -2.39. The number of rotatable bonds is 14. The van der Waals surface area contributed by atoms with E-state index in [0.29, 0.717) is 32.2 Å². The molecule has 0 aliphatic carbocycles. The molecule has 0 aromatic rings. The summed E-state index contributed by atoms with van der Waals surface area (Å²) in [5, 5.41) is 41.1. The van der Waals surface area contributed by atoms with Crippen molar-refractivity contribution in [3.8, 4) is 0 Å². The Kier molecular flexibility index (Phi) is 12.4. The van der Waals surface area contributed by atoms with E-state index in [1.165, 1.54) is 0 Å². The SMILES string of the molecule is CCNC(=O)CCCCCCC(=O)CCCO[C@H]1O[C@H](CO)[C@@H](O)[C@H](O)[C@@H]1O. The Morgan fingerprint density at radius 2 is 1.57 bits per heavy atom. The fraction of sp³-hybridized carbons (Fsp3) is 0.895. The molecule has 1 aliphatic rings. The molecule has 0 aromatic carbocycles. The number of ether oxygens (including phenoxy) is 2. The van der Waals surface area contributed by atoms with E-state index < -0.39 is 37.3 Å². The highest BCUT2D eigenvalue weighted by Crippen LogP contribution is 2.22. The van der Waals surface area contributed by atoms with Gasteiger partial charge in [-0.2, -0.15) is 0 Å². The van der Waals surface area contributed by atoms with Crippen molar-refractivity contribution in [1.29, 1.82) is 0 Å². The van der Waals surface area contributed by atoms with Crippen LogP contribution in [0.5, 0.6) is 0 Å². The monoisotopic (exact) mass is 405 g/mol. The zero-order valence-corrected chi connectivity index (χ0v) is 16.6. The predicted octanol–water partition coefficient (Wildman–Crippen LogP) is -0.371. The zero-order chi connectivity index (χ0) is 20.9. The van der Waals surface area contributed by atoms with E-state index in [2.05, 4.69) is 5.32 Å². The van der Waals surface area contributed by atoms with Crippen LogP contribution >= 0.6 is 0 Å². The van der Waals surface area contributed by atoms with Crippen molar-refractivity contribution in [1.82, 2.24) is 5.32 Å². The molecule has 0 bridgehead atoms. The molecule has 1 rings (SSSR count). The van der Waals surface area contributed by atoms with E-state index in [1.54, 1.807) is 0 Å². The molecule has 164 valence electrons. The van der Waals surface area contributed by atoms with E-state index in [4.69, 9.17) is 14.6 Å². The maximum Gasteiger partial charge on any atom is 0.219 e. The number of hydrogen-bond donors (Lipinski definition) is 5. The van der Waals surface area contributed by atoms with Crippen molar-refractivity contribution < 1.29 is 39.5 Å². The average molecular weight is 405 g/mol. The summed E-state index contributed by atoms with van der Waals surface area (Å²) in [7, 11) is 0. The highest BCUT2D eigenvalue weighted by atomic mass is 16.7. The van der Waals surface area contributed by atoms with Crippen LogP contribution in [0.3, 0.4) is 0 Å². The van der Waals surface area contributed by atoms with Gasteiger partial charge in [0.05, 0.1) is 13.2 Å². The van der Waals surface area contributed by atoms with Gasteiger partial charge in [0.2, 0.25) is 5.91 Å². The Labute approximate surface area is 166 Å². The zero-order valence-electron chi connectivity index (χ0n) is 16.6. The maximum absolute atomic E-state index is 11.9. The smallest absolute Gasteiger partial charge is 0.219 e. The lowest BCUT2D eigenvalue weighted by atomic mass is 9.99. The molecular formula is C19H35NO8. The van der Waals surface area contributed by atoms with Crippen molar-refractivity contribution >= 4 is 11.7 Å². The van der Waals surface area contributed by atoms with Gasteiger partial charge in [0, 0.05) is 25.8 Å². The maximum atomic E-state index is 11.9. The van der Waals surface area contributed by atoms with Gasteiger partial charge in [-0.15, -0.1) is 0 Å². The lowest BCUT2D eigenvalue weighted by molar-refractivity contribution is -0.301. The quantitative estimate of drug-likeness (QED) is 0.246. The van der Waals surface area contributed by atoms with E-state index in [9.17, 15) is 24.9 Å². The number of aliphatic hydroxyl groups is 4. The number of Topliss-reactive ketones (excluding diaryl/α,β-unsaturated/α-hetero) is 1. The van der Waals surface area contributed by atoms with Crippen LogP contribution in [-0.4, -0.2) is 82.6 Å². The standard InChI is InChI=1S/C19H35NO8/c1-2-20-15(23)10-6-4-3-5-8-13(22)9-7-11-27-19-18(26)17(25)16(24)14(12-21)28-19/h14,16-19,21,24-26H,2-12H2,1H3,(H,20,23)/t14-,16-,17+,18+,19+/m1/s1. The number of ketones is 1. The van der Waals surface area contributed by atoms with Crippen LogP contribution in [0.25, 0.3) is 0 Å². The van der Waals surface area contributed by atoms with Crippen molar-refractivity contribution in [2.24, 2.45) is 0 Å². The molecule has 9 nitrogen and oxygen atoms in total. The van der Waals surface area contributed by atoms with E-state index in [-0.39, 0.29) is 18.3 Å². The molecule has 0 aromatic heterocycles. The minimum absolute atomic E-state index is 0.0676. The summed E-state index contributed by atoms with van der Waals surface area (Å²) in [6, 6.07) is 0. The summed E-state index contributed by atoms with van der Waals surface area (Å²) in [5.41, 5.74) is 0. The van der Waals surface area contributed by atoms with Crippen molar-refractivity contribution in [3.63, 3.8) is 0 Å². The molecule has 5 atom stereocenters. The summed E-state index contributed by atoms with van der Waals surface area (Å²) in [6.07, 6.45) is -1.21. The molecule has 1 fully saturated rings. The molecule has 1 saturated heterocycles. The second kappa shape index (κ2) is 14.0. The molecule has 1 amide bonds. The van der Waals surface area contributed by atoms with Crippen LogP contribution in [-0.2, 0) is 19.1 Å². The molecule has 1 aliphatic heterocycles. The fourth-order valence-electron chi connectivity index (χ4n) is 3.05. The van der Waals surface area contributed by atoms with Crippen molar-refractivity contribution in [3.05, 3.63) is 0 Å². The third kappa shape index (κ3) is 8.93. The molecule has 0 spiro atoms. The molecule has 0 unspecified atom stereocenters. The Morgan fingerprint density at radius 1 is 0.929 bits per heavy atom. The van der Waals surface area contributed by atoms with Crippen molar-refractivity contribution in [2.45, 2.75) is 89.0 Å².